The van der Waals surface area contributed by atoms with Gasteiger partial charge in [0.05, 0.1) is 6.54 Å². The van der Waals surface area contributed by atoms with Gasteiger partial charge in [-0.05, 0) is 36.8 Å². The molecule has 4 rings (SSSR count). The zero-order valence-corrected chi connectivity index (χ0v) is 15.2. The number of hydrogen-bond acceptors (Lipinski definition) is 2. The van der Waals surface area contributed by atoms with E-state index in [2.05, 4.69) is 17.1 Å². The molecule has 7 heteroatoms. The average Bonchev–Trinajstić information content (AvgIpc) is 3.17. The van der Waals surface area contributed by atoms with Gasteiger partial charge in [0.25, 0.3) is 0 Å². The summed E-state index contributed by atoms with van der Waals surface area (Å²) < 4.78 is 39.1. The number of nitrogens with zero attached hydrogens (tertiary/aromatic N) is 3. The first-order valence-corrected chi connectivity index (χ1v) is 9.20. The third kappa shape index (κ3) is 3.35. The van der Waals surface area contributed by atoms with Gasteiger partial charge in [-0.2, -0.15) is 13.2 Å². The van der Waals surface area contributed by atoms with Crippen LogP contribution in [0, 0.1) is 5.92 Å². The number of halogens is 3. The number of amides is 1. The van der Waals surface area contributed by atoms with E-state index in [1.54, 1.807) is 7.05 Å². The van der Waals surface area contributed by atoms with E-state index in [4.69, 9.17) is 0 Å². The van der Waals surface area contributed by atoms with E-state index in [0.717, 1.165) is 30.3 Å². The molecule has 1 heterocycles. The van der Waals surface area contributed by atoms with Crippen molar-refractivity contribution in [3.8, 4) is 0 Å². The molecule has 2 atom stereocenters. The van der Waals surface area contributed by atoms with Crippen molar-refractivity contribution >= 4 is 5.91 Å². The van der Waals surface area contributed by atoms with Crippen molar-refractivity contribution in [2.75, 3.05) is 7.05 Å². The molecular weight excluding hydrogens is 355 g/mol. The molecule has 0 bridgehead atoms. The average molecular weight is 377 g/mol. The van der Waals surface area contributed by atoms with Crippen LogP contribution in [0.4, 0.5) is 13.2 Å². The van der Waals surface area contributed by atoms with Gasteiger partial charge in [-0.3, -0.25) is 4.79 Å². The Morgan fingerprint density at radius 3 is 2.93 bits per heavy atom. The molecule has 0 N–H and O–H groups in total. The Bertz CT molecular complexity index is 860. The Balaban J connectivity index is 1.47. The Morgan fingerprint density at radius 1 is 1.37 bits per heavy atom. The molecule has 1 amide bonds. The van der Waals surface area contributed by atoms with Crippen molar-refractivity contribution in [1.29, 1.82) is 0 Å². The number of rotatable bonds is 4. The van der Waals surface area contributed by atoms with Crippen LogP contribution in [0.3, 0.4) is 0 Å². The van der Waals surface area contributed by atoms with Crippen molar-refractivity contribution in [1.82, 2.24) is 14.5 Å². The molecule has 0 radical (unpaired) electrons. The normalized spacial score (nSPS) is 23.9. The molecule has 1 fully saturated rings. The number of benzene rings is 1. The van der Waals surface area contributed by atoms with Crippen LogP contribution in [0.25, 0.3) is 0 Å². The molecule has 1 aromatic heterocycles. The molecular formula is C20H22F3N3O. The molecule has 1 aromatic carbocycles. The van der Waals surface area contributed by atoms with Gasteiger partial charge in [-0.25, -0.2) is 4.98 Å². The summed E-state index contributed by atoms with van der Waals surface area (Å²) in [4.78, 5) is 18.5. The molecule has 0 saturated heterocycles. The Hall–Kier alpha value is -2.31. The summed E-state index contributed by atoms with van der Waals surface area (Å²) in [7, 11) is 1.65. The largest absolute Gasteiger partial charge is 0.406 e. The second-order valence-electron chi connectivity index (χ2n) is 7.70. The number of aryl methyl sites for hydroxylation is 1. The van der Waals surface area contributed by atoms with Crippen molar-refractivity contribution in [2.45, 2.75) is 50.4 Å². The second kappa shape index (κ2) is 6.39. The van der Waals surface area contributed by atoms with Crippen LogP contribution in [0.2, 0.25) is 0 Å². The molecule has 1 saturated carbocycles. The molecule has 4 nitrogen and oxygen atoms in total. The van der Waals surface area contributed by atoms with E-state index in [-0.39, 0.29) is 29.6 Å². The highest BCUT2D eigenvalue weighted by molar-refractivity contribution is 5.84. The number of hydrogen-bond donors (Lipinski definition) is 0. The van der Waals surface area contributed by atoms with Crippen LogP contribution in [-0.4, -0.2) is 33.6 Å². The van der Waals surface area contributed by atoms with Crippen LogP contribution >= 0.6 is 0 Å². The highest BCUT2D eigenvalue weighted by Crippen LogP contribution is 2.60. The summed E-state index contributed by atoms with van der Waals surface area (Å²) in [5.74, 6) is 0.158. The fourth-order valence-electron chi connectivity index (χ4n) is 4.54. The maximum atomic E-state index is 13.0. The standard InChI is InChI=1S/C20H22F3N3O/c1-25(12-17-24-9-10-26(17)13-20(21,22)23)18(27)16-11-19(16)8-4-6-14-5-2-3-7-15(14)19/h2-3,5,7,9-10,16H,4,6,8,11-13H2,1H3/t16-,19-/m1/s1. The number of imidazole rings is 1. The lowest BCUT2D eigenvalue weighted by Gasteiger charge is -2.27. The summed E-state index contributed by atoms with van der Waals surface area (Å²) in [6, 6.07) is 8.30. The van der Waals surface area contributed by atoms with E-state index in [9.17, 15) is 18.0 Å². The number of aromatic nitrogens is 2. The van der Waals surface area contributed by atoms with Crippen molar-refractivity contribution < 1.29 is 18.0 Å². The van der Waals surface area contributed by atoms with Gasteiger partial charge in [-0.15, -0.1) is 0 Å². The third-order valence-electron chi connectivity index (χ3n) is 5.90. The maximum Gasteiger partial charge on any atom is 0.406 e. The highest BCUT2D eigenvalue weighted by Gasteiger charge is 2.60. The summed E-state index contributed by atoms with van der Waals surface area (Å²) in [5, 5.41) is 0. The monoisotopic (exact) mass is 377 g/mol. The summed E-state index contributed by atoms with van der Waals surface area (Å²) >= 11 is 0. The number of alkyl halides is 3. The zero-order valence-electron chi connectivity index (χ0n) is 15.2. The predicted octanol–water partition coefficient (Wildman–Crippen LogP) is 3.70. The first-order valence-electron chi connectivity index (χ1n) is 9.20. The second-order valence-corrected chi connectivity index (χ2v) is 7.70. The lowest BCUT2D eigenvalue weighted by molar-refractivity contribution is -0.141. The quantitative estimate of drug-likeness (QED) is 0.815. The van der Waals surface area contributed by atoms with E-state index < -0.39 is 12.7 Å². The third-order valence-corrected chi connectivity index (χ3v) is 5.90. The minimum Gasteiger partial charge on any atom is -0.338 e. The summed E-state index contributed by atoms with van der Waals surface area (Å²) in [6.07, 6.45) is 2.27. The predicted molar refractivity (Wildman–Crippen MR) is 93.9 cm³/mol. The van der Waals surface area contributed by atoms with Crippen LogP contribution in [0.15, 0.2) is 36.7 Å². The zero-order chi connectivity index (χ0) is 19.2. The van der Waals surface area contributed by atoms with Crippen molar-refractivity contribution in [3.63, 3.8) is 0 Å². The highest BCUT2D eigenvalue weighted by atomic mass is 19.4. The molecule has 27 heavy (non-hydrogen) atoms. The van der Waals surface area contributed by atoms with Crippen molar-refractivity contribution in [3.05, 3.63) is 53.6 Å². The number of carbonyl (C=O) groups is 1. The van der Waals surface area contributed by atoms with Crippen LogP contribution in [0.5, 0.6) is 0 Å². The van der Waals surface area contributed by atoms with Crippen molar-refractivity contribution in [2.24, 2.45) is 5.92 Å². The van der Waals surface area contributed by atoms with Gasteiger partial charge in [0.15, 0.2) is 0 Å². The molecule has 1 spiro atoms. The molecule has 2 aliphatic carbocycles. The molecule has 0 unspecified atom stereocenters. The molecule has 0 aliphatic heterocycles. The molecule has 2 aromatic rings. The fourth-order valence-corrected chi connectivity index (χ4v) is 4.54. The topological polar surface area (TPSA) is 38.1 Å². The van der Waals surface area contributed by atoms with Gasteiger partial charge < -0.3 is 9.47 Å². The maximum absolute atomic E-state index is 13.0. The smallest absolute Gasteiger partial charge is 0.338 e. The summed E-state index contributed by atoms with van der Waals surface area (Å²) in [6.45, 7) is -1.01. The lowest BCUT2D eigenvalue weighted by Crippen LogP contribution is -2.33. The Morgan fingerprint density at radius 2 is 2.15 bits per heavy atom. The van der Waals surface area contributed by atoms with Gasteiger partial charge in [0, 0.05) is 30.8 Å². The molecule has 2 aliphatic rings. The van der Waals surface area contributed by atoms with Crippen LogP contribution in [-0.2, 0) is 29.7 Å². The van der Waals surface area contributed by atoms with Gasteiger partial charge in [0.1, 0.15) is 12.4 Å². The van der Waals surface area contributed by atoms with Gasteiger partial charge in [-0.1, -0.05) is 24.3 Å². The van der Waals surface area contributed by atoms with E-state index in [1.165, 1.54) is 28.4 Å². The number of fused-ring (bicyclic) bond motifs is 2. The van der Waals surface area contributed by atoms with E-state index in [1.807, 2.05) is 12.1 Å². The summed E-state index contributed by atoms with van der Waals surface area (Å²) in [5.41, 5.74) is 2.52. The fraction of sp³-hybridized carbons (Fsp3) is 0.500. The van der Waals surface area contributed by atoms with E-state index in [0.29, 0.717) is 0 Å². The molecule has 144 valence electrons. The first kappa shape index (κ1) is 18.1. The van der Waals surface area contributed by atoms with Gasteiger partial charge in [0.2, 0.25) is 5.91 Å². The minimum absolute atomic E-state index is 0.00624. The SMILES string of the molecule is CN(Cc1nccn1CC(F)(F)F)C(=O)[C@H]1C[C@@]12CCCc1ccccc12. The Kier molecular flexibility index (Phi) is 4.28. The van der Waals surface area contributed by atoms with E-state index >= 15 is 0 Å². The van der Waals surface area contributed by atoms with Crippen LogP contribution in [0.1, 0.15) is 36.2 Å². The Labute approximate surface area is 156 Å². The minimum atomic E-state index is -4.32. The van der Waals surface area contributed by atoms with Crippen LogP contribution < -0.4 is 0 Å². The lowest BCUT2D eigenvalue weighted by atomic mass is 9.78. The van der Waals surface area contributed by atoms with Gasteiger partial charge >= 0.3 is 6.18 Å². The first-order chi connectivity index (χ1) is 12.8. The number of carbonyl (C=O) groups excluding carboxylic acids is 1.